The molecule has 0 bridgehead atoms. The molecule has 0 aromatic carbocycles. The summed E-state index contributed by atoms with van der Waals surface area (Å²) in [6.07, 6.45) is 3.58. The first-order valence-electron chi connectivity index (χ1n) is 8.68. The number of likely N-dealkylation sites (tertiary alicyclic amines) is 1. The van der Waals surface area contributed by atoms with E-state index in [9.17, 15) is 9.59 Å². The molecule has 1 aliphatic rings. The molecule has 7 nitrogen and oxygen atoms in total. The van der Waals surface area contributed by atoms with Gasteiger partial charge in [0.15, 0.2) is 11.4 Å². The van der Waals surface area contributed by atoms with Crippen molar-refractivity contribution >= 4 is 29.9 Å². The van der Waals surface area contributed by atoms with E-state index in [0.717, 1.165) is 19.4 Å². The Hall–Kier alpha value is -2.28. The monoisotopic (exact) mass is 380 g/mol. The number of amides is 2. The largest absolute Gasteiger partial charge is 0.490 e. The second-order valence-electron chi connectivity index (χ2n) is 6.32. The Morgan fingerprint density at radius 2 is 2.19 bits per heavy atom. The Labute approximate surface area is 159 Å². The van der Waals surface area contributed by atoms with Crippen LogP contribution in [0.1, 0.15) is 42.9 Å². The maximum Gasteiger partial charge on any atom is 0.270 e. The molecule has 0 spiro atoms. The van der Waals surface area contributed by atoms with Crippen LogP contribution in [-0.4, -0.2) is 51.8 Å². The van der Waals surface area contributed by atoms with E-state index in [0.29, 0.717) is 35.9 Å². The van der Waals surface area contributed by atoms with Crippen LogP contribution in [0.5, 0.6) is 5.75 Å². The van der Waals surface area contributed by atoms with Crippen molar-refractivity contribution in [2.75, 3.05) is 19.7 Å². The van der Waals surface area contributed by atoms with E-state index in [-0.39, 0.29) is 30.3 Å². The van der Waals surface area contributed by atoms with Gasteiger partial charge in [-0.25, -0.2) is 4.98 Å². The molecule has 2 aromatic rings. The van der Waals surface area contributed by atoms with E-state index < -0.39 is 0 Å². The predicted molar refractivity (Wildman–Crippen MR) is 101 cm³/mol. The Morgan fingerprint density at radius 1 is 1.42 bits per heavy atom. The number of rotatable bonds is 4. The first-order valence-corrected chi connectivity index (χ1v) is 8.68. The van der Waals surface area contributed by atoms with Crippen LogP contribution in [0.15, 0.2) is 18.3 Å². The van der Waals surface area contributed by atoms with Gasteiger partial charge in [-0.2, -0.15) is 0 Å². The standard InChI is InChI=1S/C18H24N4O3.ClH/c1-4-25-15-8-6-10-22-16(12(2)19-17(15)22)18(24)20-14-7-5-9-21(11-14)13(3)23;/h6,8,10,14H,4-5,7,9,11H2,1-3H3,(H,20,24);1H/t14-;/m0./s1. The highest BCUT2D eigenvalue weighted by molar-refractivity contribution is 5.95. The van der Waals surface area contributed by atoms with Crippen LogP contribution >= 0.6 is 12.4 Å². The fraction of sp³-hybridized carbons (Fsp3) is 0.500. The summed E-state index contributed by atoms with van der Waals surface area (Å²) in [5.74, 6) is 0.535. The predicted octanol–water partition coefficient (Wildman–Crippen LogP) is 2.20. The highest BCUT2D eigenvalue weighted by Crippen LogP contribution is 2.22. The summed E-state index contributed by atoms with van der Waals surface area (Å²) in [5, 5.41) is 3.06. The number of hydrogen-bond acceptors (Lipinski definition) is 4. The van der Waals surface area contributed by atoms with Crippen molar-refractivity contribution in [1.29, 1.82) is 0 Å². The molecule has 0 unspecified atom stereocenters. The number of pyridine rings is 1. The summed E-state index contributed by atoms with van der Waals surface area (Å²) < 4.78 is 7.36. The first-order chi connectivity index (χ1) is 12.0. The Kier molecular flexibility index (Phi) is 6.47. The van der Waals surface area contributed by atoms with Crippen LogP contribution in [-0.2, 0) is 4.79 Å². The van der Waals surface area contributed by atoms with Gasteiger partial charge in [0.1, 0.15) is 5.69 Å². The molecule has 2 amide bonds. The van der Waals surface area contributed by atoms with Crippen molar-refractivity contribution in [1.82, 2.24) is 19.6 Å². The maximum atomic E-state index is 12.8. The molecule has 0 aliphatic carbocycles. The van der Waals surface area contributed by atoms with Crippen LogP contribution in [0.3, 0.4) is 0 Å². The van der Waals surface area contributed by atoms with Gasteiger partial charge in [0.05, 0.1) is 12.3 Å². The minimum Gasteiger partial charge on any atom is -0.490 e. The fourth-order valence-corrected chi connectivity index (χ4v) is 3.33. The molecule has 1 fully saturated rings. The van der Waals surface area contributed by atoms with Gasteiger partial charge in [-0.3, -0.25) is 14.0 Å². The zero-order chi connectivity index (χ0) is 18.0. The average Bonchev–Trinajstić information content (AvgIpc) is 2.92. The molecule has 1 N–H and O–H groups in total. The summed E-state index contributed by atoms with van der Waals surface area (Å²) in [4.78, 5) is 30.7. The lowest BCUT2D eigenvalue weighted by molar-refractivity contribution is -0.130. The summed E-state index contributed by atoms with van der Waals surface area (Å²) in [6.45, 7) is 7.15. The number of halogens is 1. The lowest BCUT2D eigenvalue weighted by Gasteiger charge is -2.32. The van der Waals surface area contributed by atoms with Gasteiger partial charge in [0.2, 0.25) is 5.91 Å². The Bertz CT molecular complexity index is 805. The maximum absolute atomic E-state index is 12.8. The van der Waals surface area contributed by atoms with E-state index in [1.54, 1.807) is 16.2 Å². The van der Waals surface area contributed by atoms with Crippen molar-refractivity contribution in [2.24, 2.45) is 0 Å². The van der Waals surface area contributed by atoms with E-state index in [2.05, 4.69) is 10.3 Å². The number of aromatic nitrogens is 2. The number of ether oxygens (including phenoxy) is 1. The lowest BCUT2D eigenvalue weighted by atomic mass is 10.1. The van der Waals surface area contributed by atoms with Crippen LogP contribution in [0, 0.1) is 6.92 Å². The highest BCUT2D eigenvalue weighted by atomic mass is 35.5. The van der Waals surface area contributed by atoms with Gasteiger partial charge >= 0.3 is 0 Å². The number of hydrogen-bond donors (Lipinski definition) is 1. The van der Waals surface area contributed by atoms with Crippen LogP contribution in [0.25, 0.3) is 5.65 Å². The molecule has 0 saturated carbocycles. The third-order valence-electron chi connectivity index (χ3n) is 4.51. The second kappa shape index (κ2) is 8.40. The third kappa shape index (κ3) is 3.93. The normalized spacial score (nSPS) is 16.9. The molecule has 8 heteroatoms. The van der Waals surface area contributed by atoms with Crippen molar-refractivity contribution in [3.63, 3.8) is 0 Å². The summed E-state index contributed by atoms with van der Waals surface area (Å²) in [5.41, 5.74) is 1.81. The van der Waals surface area contributed by atoms with Gasteiger partial charge < -0.3 is 15.0 Å². The van der Waals surface area contributed by atoms with Gasteiger partial charge in [0.25, 0.3) is 5.91 Å². The zero-order valence-electron chi connectivity index (χ0n) is 15.3. The molecule has 142 valence electrons. The molecule has 3 heterocycles. The summed E-state index contributed by atoms with van der Waals surface area (Å²) in [7, 11) is 0. The SMILES string of the molecule is CCOc1cccn2c(C(=O)N[C@H]3CCCN(C(C)=O)C3)c(C)nc12.Cl. The number of nitrogens with zero attached hydrogens (tertiary/aromatic N) is 3. The molecular formula is C18H25ClN4O3. The molecule has 2 aromatic heterocycles. The molecule has 1 atom stereocenters. The van der Waals surface area contributed by atoms with E-state index in [1.807, 2.05) is 32.2 Å². The summed E-state index contributed by atoms with van der Waals surface area (Å²) in [6, 6.07) is 3.65. The van der Waals surface area contributed by atoms with Gasteiger partial charge in [0, 0.05) is 32.3 Å². The van der Waals surface area contributed by atoms with Crippen molar-refractivity contribution in [3.05, 3.63) is 29.7 Å². The second-order valence-corrected chi connectivity index (χ2v) is 6.32. The van der Waals surface area contributed by atoms with E-state index >= 15 is 0 Å². The van der Waals surface area contributed by atoms with Gasteiger partial charge in [-0.1, -0.05) is 0 Å². The van der Waals surface area contributed by atoms with Crippen LogP contribution < -0.4 is 10.1 Å². The average molecular weight is 381 g/mol. The highest BCUT2D eigenvalue weighted by Gasteiger charge is 2.25. The minimum absolute atomic E-state index is 0. The zero-order valence-corrected chi connectivity index (χ0v) is 16.1. The molecule has 0 radical (unpaired) electrons. The molecular weight excluding hydrogens is 356 g/mol. The number of piperidine rings is 1. The van der Waals surface area contributed by atoms with Crippen molar-refractivity contribution in [2.45, 2.75) is 39.7 Å². The number of imidazole rings is 1. The smallest absolute Gasteiger partial charge is 0.270 e. The number of carbonyl (C=O) groups excluding carboxylic acids is 2. The van der Waals surface area contributed by atoms with Gasteiger partial charge in [-0.15, -0.1) is 12.4 Å². The molecule has 3 rings (SSSR count). The topological polar surface area (TPSA) is 75.9 Å². The lowest BCUT2D eigenvalue weighted by Crippen LogP contribution is -2.49. The molecule has 1 saturated heterocycles. The fourth-order valence-electron chi connectivity index (χ4n) is 3.33. The molecule has 1 aliphatic heterocycles. The first kappa shape index (κ1) is 20.0. The molecule has 26 heavy (non-hydrogen) atoms. The quantitative estimate of drug-likeness (QED) is 0.882. The number of carbonyl (C=O) groups is 2. The van der Waals surface area contributed by atoms with Gasteiger partial charge in [-0.05, 0) is 38.8 Å². The minimum atomic E-state index is -0.172. The number of fused-ring (bicyclic) bond motifs is 1. The number of nitrogens with one attached hydrogen (secondary N) is 1. The van der Waals surface area contributed by atoms with E-state index in [4.69, 9.17) is 4.74 Å². The van der Waals surface area contributed by atoms with Crippen LogP contribution in [0.4, 0.5) is 0 Å². The number of aryl methyl sites for hydroxylation is 1. The Balaban J connectivity index is 0.00000243. The third-order valence-corrected chi connectivity index (χ3v) is 4.51. The van der Waals surface area contributed by atoms with Crippen molar-refractivity contribution in [3.8, 4) is 5.75 Å². The summed E-state index contributed by atoms with van der Waals surface area (Å²) >= 11 is 0. The Morgan fingerprint density at radius 3 is 2.88 bits per heavy atom. The van der Waals surface area contributed by atoms with E-state index in [1.165, 1.54) is 0 Å². The van der Waals surface area contributed by atoms with Crippen molar-refractivity contribution < 1.29 is 14.3 Å². The van der Waals surface area contributed by atoms with Crippen LogP contribution in [0.2, 0.25) is 0 Å².